The van der Waals surface area contributed by atoms with Crippen LogP contribution >= 0.6 is 0 Å². The Morgan fingerprint density at radius 2 is 1.86 bits per heavy atom. The highest BCUT2D eigenvalue weighted by Gasteiger charge is 2.59. The van der Waals surface area contributed by atoms with Gasteiger partial charge in [-0.15, -0.1) is 0 Å². The van der Waals surface area contributed by atoms with Gasteiger partial charge < -0.3 is 14.3 Å². The summed E-state index contributed by atoms with van der Waals surface area (Å²) in [5.74, 6) is 3.79. The van der Waals surface area contributed by atoms with E-state index in [1.807, 2.05) is 31.2 Å². The van der Waals surface area contributed by atoms with Crippen molar-refractivity contribution in [2.75, 3.05) is 0 Å². The Kier molecular flexibility index (Phi) is 7.29. The summed E-state index contributed by atoms with van der Waals surface area (Å²) in [5.41, 5.74) is 3.45. The Labute approximate surface area is 221 Å². The molecule has 0 heterocycles. The number of rotatable bonds is 7. The first-order valence-electron chi connectivity index (χ1n) is 14.0. The van der Waals surface area contributed by atoms with Crippen molar-refractivity contribution in [1.29, 1.82) is 0 Å². The topological polar surface area (TPSA) is 52.6 Å². The van der Waals surface area contributed by atoms with Gasteiger partial charge in [-0.2, -0.15) is 0 Å². The molecule has 0 aliphatic heterocycles. The zero-order valence-electron chi connectivity index (χ0n) is 22.7. The number of benzene rings is 2. The lowest BCUT2D eigenvalue weighted by Crippen LogP contribution is -2.46. The largest absolute Gasteiger partial charge is 0.495 e. The molecule has 4 nitrogen and oxygen atoms in total. The Bertz CT molecular complexity index is 1180. The quantitative estimate of drug-likeness (QED) is 0.222. The summed E-state index contributed by atoms with van der Waals surface area (Å²) in [6.07, 6.45) is 9.39. The minimum absolute atomic E-state index is 0.134. The predicted molar refractivity (Wildman–Crippen MR) is 146 cm³/mol. The number of allylic oxidation sites excluding steroid dienone is 2. The lowest BCUT2D eigenvalue weighted by atomic mass is 9.53. The summed E-state index contributed by atoms with van der Waals surface area (Å²) in [4.78, 5) is 24.5. The van der Waals surface area contributed by atoms with Gasteiger partial charge in [0.05, 0.1) is 11.3 Å². The standard InChI is InChI=1S/C33H40O4/c1-5-22(3)36-30-20-25(12-11-21(2)34)31-29-15-13-24-19-26(37-32(35)23-9-7-6-8-10-23)14-16-27(24)28(29)17-18-33(30,31)4/h5-10,14,16,19,25,28-31H,11-13,15,17-18,20H2,1-4H3. The molecule has 0 N–H and O–H groups in total. The molecule has 0 amide bonds. The molecule has 37 heavy (non-hydrogen) atoms. The number of hydrogen-bond acceptors (Lipinski definition) is 4. The average molecular weight is 501 g/mol. The van der Waals surface area contributed by atoms with E-state index >= 15 is 0 Å². The number of carbonyl (C=O) groups is 2. The lowest BCUT2D eigenvalue weighted by Gasteiger charge is -2.52. The van der Waals surface area contributed by atoms with Crippen LogP contribution in [0.3, 0.4) is 0 Å². The van der Waals surface area contributed by atoms with Crippen molar-refractivity contribution in [1.82, 2.24) is 0 Å². The summed E-state index contributed by atoms with van der Waals surface area (Å²) in [6, 6.07) is 15.4. The Hall–Kier alpha value is -2.88. The van der Waals surface area contributed by atoms with Gasteiger partial charge in [-0.25, -0.2) is 4.79 Å². The van der Waals surface area contributed by atoms with Crippen LogP contribution in [-0.4, -0.2) is 17.9 Å². The fourth-order valence-corrected chi connectivity index (χ4v) is 7.76. The van der Waals surface area contributed by atoms with Gasteiger partial charge in [0.25, 0.3) is 0 Å². The number of hydrogen-bond donors (Lipinski definition) is 0. The van der Waals surface area contributed by atoms with Crippen molar-refractivity contribution in [3.8, 4) is 5.75 Å². The van der Waals surface area contributed by atoms with Gasteiger partial charge in [0.2, 0.25) is 0 Å². The molecule has 4 heteroatoms. The lowest BCUT2D eigenvalue weighted by molar-refractivity contribution is -0.117. The van der Waals surface area contributed by atoms with Crippen molar-refractivity contribution in [3.05, 3.63) is 77.1 Å². The number of aryl methyl sites for hydroxylation is 1. The van der Waals surface area contributed by atoms with E-state index in [1.165, 1.54) is 11.1 Å². The van der Waals surface area contributed by atoms with E-state index in [2.05, 4.69) is 32.1 Å². The number of fused-ring (bicyclic) bond motifs is 5. The van der Waals surface area contributed by atoms with Crippen molar-refractivity contribution in [2.24, 2.45) is 23.2 Å². The zero-order valence-corrected chi connectivity index (χ0v) is 22.7. The molecular formula is C33H40O4. The zero-order chi connectivity index (χ0) is 26.2. The van der Waals surface area contributed by atoms with Crippen LogP contribution in [0, 0.1) is 23.2 Å². The fraction of sp³-hybridized carbons (Fsp3) is 0.515. The second-order valence-electron chi connectivity index (χ2n) is 11.7. The summed E-state index contributed by atoms with van der Waals surface area (Å²) in [7, 11) is 0. The molecule has 6 unspecified atom stereocenters. The molecule has 2 aromatic rings. The fourth-order valence-electron chi connectivity index (χ4n) is 7.76. The Morgan fingerprint density at radius 1 is 1.08 bits per heavy atom. The third-order valence-electron chi connectivity index (χ3n) is 9.58. The van der Waals surface area contributed by atoms with Crippen molar-refractivity contribution in [2.45, 2.75) is 84.7 Å². The van der Waals surface area contributed by atoms with Crippen LogP contribution in [0.15, 0.2) is 60.4 Å². The van der Waals surface area contributed by atoms with E-state index in [1.54, 1.807) is 19.1 Å². The Balaban J connectivity index is 1.39. The normalized spacial score (nSPS) is 30.6. The molecule has 0 spiro atoms. The summed E-state index contributed by atoms with van der Waals surface area (Å²) in [6.45, 7) is 8.27. The number of Topliss-reactive ketones (excluding diaryl/α,β-unsaturated/α-hetero) is 1. The van der Waals surface area contributed by atoms with E-state index in [0.717, 1.165) is 44.3 Å². The van der Waals surface area contributed by atoms with Crippen molar-refractivity contribution < 1.29 is 19.1 Å². The molecule has 0 saturated heterocycles. The van der Waals surface area contributed by atoms with Gasteiger partial charge in [-0.1, -0.05) is 31.2 Å². The maximum atomic E-state index is 12.6. The molecule has 2 fully saturated rings. The van der Waals surface area contributed by atoms with Crippen molar-refractivity contribution in [3.63, 3.8) is 0 Å². The van der Waals surface area contributed by atoms with Crippen LogP contribution in [-0.2, 0) is 16.0 Å². The van der Waals surface area contributed by atoms with E-state index < -0.39 is 0 Å². The molecule has 6 atom stereocenters. The first-order valence-corrected chi connectivity index (χ1v) is 14.0. The molecule has 196 valence electrons. The van der Waals surface area contributed by atoms with Crippen LogP contribution in [0.5, 0.6) is 5.75 Å². The highest BCUT2D eigenvalue weighted by atomic mass is 16.5. The minimum atomic E-state index is -0.315. The maximum Gasteiger partial charge on any atom is 0.343 e. The highest BCUT2D eigenvalue weighted by molar-refractivity contribution is 5.91. The van der Waals surface area contributed by atoms with Crippen molar-refractivity contribution >= 4 is 11.8 Å². The summed E-state index contributed by atoms with van der Waals surface area (Å²) in [5, 5.41) is 0. The van der Waals surface area contributed by atoms with Crippen LogP contribution in [0.1, 0.15) is 93.6 Å². The predicted octanol–water partition coefficient (Wildman–Crippen LogP) is 7.67. The molecule has 0 aromatic heterocycles. The van der Waals surface area contributed by atoms with Gasteiger partial charge >= 0.3 is 5.97 Å². The second-order valence-corrected chi connectivity index (χ2v) is 11.7. The number of ketones is 1. The first kappa shape index (κ1) is 25.8. The van der Waals surface area contributed by atoms with Gasteiger partial charge in [0.1, 0.15) is 17.6 Å². The van der Waals surface area contributed by atoms with Crippen LogP contribution in [0.4, 0.5) is 0 Å². The van der Waals surface area contributed by atoms with E-state index in [0.29, 0.717) is 41.4 Å². The molecule has 0 radical (unpaired) electrons. The molecule has 3 aliphatic rings. The highest BCUT2D eigenvalue weighted by Crippen LogP contribution is 2.64. The number of carbonyl (C=O) groups excluding carboxylic acids is 2. The maximum absolute atomic E-state index is 12.6. The minimum Gasteiger partial charge on any atom is -0.495 e. The smallest absolute Gasteiger partial charge is 0.343 e. The number of ether oxygens (including phenoxy) is 2. The SMILES string of the molecule is CC=C(C)OC1CC(CCC(C)=O)C2C3CCc4cc(OC(=O)c5ccccc5)ccc4C3CCC12C. The monoisotopic (exact) mass is 500 g/mol. The van der Waals surface area contributed by atoms with Crippen LogP contribution in [0.25, 0.3) is 0 Å². The molecule has 5 rings (SSSR count). The summed E-state index contributed by atoms with van der Waals surface area (Å²) >= 11 is 0. The third kappa shape index (κ3) is 5.00. The van der Waals surface area contributed by atoms with Gasteiger partial charge in [0.15, 0.2) is 0 Å². The van der Waals surface area contributed by atoms with Gasteiger partial charge in [-0.3, -0.25) is 0 Å². The molecule has 3 aliphatic carbocycles. The molecular weight excluding hydrogens is 460 g/mol. The average Bonchev–Trinajstić information content (AvgIpc) is 3.18. The number of esters is 1. The van der Waals surface area contributed by atoms with E-state index in [-0.39, 0.29) is 23.3 Å². The first-order chi connectivity index (χ1) is 17.8. The van der Waals surface area contributed by atoms with E-state index in [4.69, 9.17) is 9.47 Å². The Morgan fingerprint density at radius 3 is 2.59 bits per heavy atom. The van der Waals surface area contributed by atoms with Gasteiger partial charge in [0, 0.05) is 11.8 Å². The van der Waals surface area contributed by atoms with Crippen LogP contribution < -0.4 is 4.74 Å². The van der Waals surface area contributed by atoms with E-state index in [9.17, 15) is 9.59 Å². The molecule has 2 saturated carbocycles. The second kappa shape index (κ2) is 10.5. The molecule has 0 bridgehead atoms. The molecule has 2 aromatic carbocycles. The summed E-state index contributed by atoms with van der Waals surface area (Å²) < 4.78 is 12.3. The third-order valence-corrected chi connectivity index (χ3v) is 9.58. The van der Waals surface area contributed by atoms with Gasteiger partial charge in [-0.05, 0) is 124 Å². The van der Waals surface area contributed by atoms with Crippen LogP contribution in [0.2, 0.25) is 0 Å².